The smallest absolute Gasteiger partial charge is 0.368 e. The molecule has 1 aromatic heterocycles. The Morgan fingerprint density at radius 2 is 1.62 bits per heavy atom. The number of anilines is 1. The molecule has 0 saturated carbocycles. The molecule has 1 saturated heterocycles. The molecule has 2 aromatic carbocycles. The van der Waals surface area contributed by atoms with E-state index >= 15 is 0 Å². The van der Waals surface area contributed by atoms with E-state index in [0.29, 0.717) is 10.9 Å². The number of fused-ring (bicyclic) bond motifs is 1. The topological polar surface area (TPSA) is 11.4 Å². The Morgan fingerprint density at radius 1 is 0.897 bits per heavy atom. The minimum atomic E-state index is -4.57. The second kappa shape index (κ2) is 7.33. The van der Waals surface area contributed by atoms with Crippen molar-refractivity contribution >= 4 is 16.6 Å². The van der Waals surface area contributed by atoms with Gasteiger partial charge >= 0.3 is 6.18 Å². The molecular formula is C21H20F5N3. The maximum atomic E-state index is 13.8. The number of halogens is 5. The number of nitrogens with zero attached hydrogens (tertiary/aromatic N) is 3. The van der Waals surface area contributed by atoms with Crippen molar-refractivity contribution in [2.24, 2.45) is 0 Å². The van der Waals surface area contributed by atoms with Gasteiger partial charge in [-0.1, -0.05) is 12.1 Å². The van der Waals surface area contributed by atoms with Gasteiger partial charge in [-0.2, -0.15) is 13.2 Å². The molecule has 0 spiro atoms. The lowest BCUT2D eigenvalue weighted by Gasteiger charge is -2.34. The molecule has 0 radical (unpaired) electrons. The highest BCUT2D eigenvalue weighted by molar-refractivity contribution is 5.94. The van der Waals surface area contributed by atoms with Crippen LogP contribution in [0.4, 0.5) is 27.6 Å². The number of benzene rings is 2. The van der Waals surface area contributed by atoms with Crippen molar-refractivity contribution in [1.29, 1.82) is 0 Å². The van der Waals surface area contributed by atoms with Crippen molar-refractivity contribution in [3.8, 4) is 0 Å². The number of alkyl halides is 3. The molecule has 0 N–H and O–H groups in total. The minimum Gasteiger partial charge on any atom is -0.368 e. The van der Waals surface area contributed by atoms with Gasteiger partial charge in [0, 0.05) is 43.8 Å². The second-order valence-electron chi connectivity index (χ2n) is 7.36. The quantitative estimate of drug-likeness (QED) is 0.579. The van der Waals surface area contributed by atoms with Crippen molar-refractivity contribution in [1.82, 2.24) is 9.47 Å². The van der Waals surface area contributed by atoms with E-state index in [4.69, 9.17) is 0 Å². The summed E-state index contributed by atoms with van der Waals surface area (Å²) < 4.78 is 69.3. The Labute approximate surface area is 164 Å². The summed E-state index contributed by atoms with van der Waals surface area (Å²) in [6.45, 7) is 2.91. The molecule has 2 heterocycles. The Morgan fingerprint density at radius 3 is 2.28 bits per heavy atom. The summed E-state index contributed by atoms with van der Waals surface area (Å²) in [4.78, 5) is 4.26. The zero-order valence-corrected chi connectivity index (χ0v) is 15.8. The summed E-state index contributed by atoms with van der Waals surface area (Å²) in [5.74, 6) is -2.11. The fraction of sp³-hybridized carbons (Fsp3) is 0.333. The summed E-state index contributed by atoms with van der Waals surface area (Å²) in [5, 5.41) is 0.506. The van der Waals surface area contributed by atoms with E-state index in [1.165, 1.54) is 6.07 Å². The zero-order valence-electron chi connectivity index (χ0n) is 15.8. The van der Waals surface area contributed by atoms with Gasteiger partial charge < -0.3 is 14.4 Å². The van der Waals surface area contributed by atoms with Gasteiger partial charge in [0.15, 0.2) is 11.6 Å². The summed E-state index contributed by atoms with van der Waals surface area (Å²) in [7, 11) is 2.01. The lowest BCUT2D eigenvalue weighted by Crippen LogP contribution is -2.44. The molecule has 4 rings (SSSR count). The first-order valence-corrected chi connectivity index (χ1v) is 9.31. The average molecular weight is 409 g/mol. The zero-order chi connectivity index (χ0) is 20.8. The average Bonchev–Trinajstić information content (AvgIpc) is 3.04. The Bertz CT molecular complexity index is 1030. The van der Waals surface area contributed by atoms with Crippen LogP contribution in [0.5, 0.6) is 0 Å². The molecular weight excluding hydrogens is 389 g/mol. The van der Waals surface area contributed by atoms with E-state index in [9.17, 15) is 22.0 Å². The van der Waals surface area contributed by atoms with Crippen LogP contribution in [0.15, 0.2) is 42.5 Å². The van der Waals surface area contributed by atoms with E-state index in [1.807, 2.05) is 13.1 Å². The van der Waals surface area contributed by atoms with Crippen LogP contribution in [0.3, 0.4) is 0 Å². The molecule has 29 heavy (non-hydrogen) atoms. The predicted octanol–water partition coefficient (Wildman–Crippen LogP) is 4.74. The van der Waals surface area contributed by atoms with E-state index in [0.717, 1.165) is 54.6 Å². The molecule has 3 aromatic rings. The maximum Gasteiger partial charge on any atom is 0.431 e. The molecule has 0 amide bonds. The fourth-order valence-electron chi connectivity index (χ4n) is 3.82. The van der Waals surface area contributed by atoms with Gasteiger partial charge in [-0.15, -0.1) is 0 Å². The molecule has 1 fully saturated rings. The number of piperazine rings is 1. The number of likely N-dealkylation sites (N-methyl/N-ethyl adjacent to an activating group) is 1. The Kier molecular flexibility index (Phi) is 4.98. The largest absolute Gasteiger partial charge is 0.431 e. The summed E-state index contributed by atoms with van der Waals surface area (Å²) in [6, 6.07) is 9.51. The van der Waals surface area contributed by atoms with Gasteiger partial charge in [0.2, 0.25) is 0 Å². The van der Waals surface area contributed by atoms with Crippen LogP contribution < -0.4 is 4.90 Å². The monoisotopic (exact) mass is 409 g/mol. The van der Waals surface area contributed by atoms with Crippen LogP contribution in [-0.2, 0) is 12.7 Å². The van der Waals surface area contributed by atoms with Crippen LogP contribution in [-0.4, -0.2) is 42.7 Å². The normalized spacial score (nSPS) is 16.0. The molecule has 0 unspecified atom stereocenters. The molecule has 0 atom stereocenters. The van der Waals surface area contributed by atoms with Crippen LogP contribution in [0.2, 0.25) is 0 Å². The number of aromatic nitrogens is 1. The van der Waals surface area contributed by atoms with Gasteiger partial charge in [0.1, 0.15) is 5.69 Å². The lowest BCUT2D eigenvalue weighted by molar-refractivity contribution is -0.143. The third-order valence-electron chi connectivity index (χ3n) is 5.38. The van der Waals surface area contributed by atoms with Gasteiger partial charge in [0.05, 0.1) is 5.52 Å². The van der Waals surface area contributed by atoms with Crippen molar-refractivity contribution in [3.63, 3.8) is 0 Å². The van der Waals surface area contributed by atoms with Crippen molar-refractivity contribution < 1.29 is 22.0 Å². The van der Waals surface area contributed by atoms with Crippen molar-refractivity contribution in [2.45, 2.75) is 12.7 Å². The predicted molar refractivity (Wildman–Crippen MR) is 102 cm³/mol. The van der Waals surface area contributed by atoms with E-state index in [-0.39, 0.29) is 12.1 Å². The lowest BCUT2D eigenvalue weighted by atomic mass is 10.1. The first-order valence-electron chi connectivity index (χ1n) is 9.31. The van der Waals surface area contributed by atoms with E-state index in [1.54, 1.807) is 12.1 Å². The number of hydrogen-bond donors (Lipinski definition) is 0. The van der Waals surface area contributed by atoms with Crippen molar-refractivity contribution in [3.05, 3.63) is 65.4 Å². The molecule has 0 bridgehead atoms. The van der Waals surface area contributed by atoms with Crippen LogP contribution in [0.1, 0.15) is 11.3 Å². The molecule has 1 aliphatic heterocycles. The fourth-order valence-corrected chi connectivity index (χ4v) is 3.82. The molecule has 3 nitrogen and oxygen atoms in total. The highest BCUT2D eigenvalue weighted by atomic mass is 19.4. The van der Waals surface area contributed by atoms with Gasteiger partial charge in [-0.25, -0.2) is 8.78 Å². The highest BCUT2D eigenvalue weighted by Crippen LogP contribution is 2.38. The third-order valence-corrected chi connectivity index (χ3v) is 5.38. The molecule has 154 valence electrons. The molecule has 8 heteroatoms. The van der Waals surface area contributed by atoms with Gasteiger partial charge in [0.25, 0.3) is 0 Å². The standard InChI is InChI=1S/C21H20F5N3/c1-27-7-9-28(10-8-27)18-3-2-4-19-15(18)12-20(21(24,25)26)29(19)13-14-5-6-16(22)17(23)11-14/h2-6,11-12H,7-10,13H2,1H3. The number of hydrogen-bond acceptors (Lipinski definition) is 2. The first kappa shape index (κ1) is 19.7. The van der Waals surface area contributed by atoms with Gasteiger partial charge in [-0.05, 0) is 42.9 Å². The summed E-state index contributed by atoms with van der Waals surface area (Å²) >= 11 is 0. The molecule has 0 aliphatic carbocycles. The summed E-state index contributed by atoms with van der Waals surface area (Å²) in [6.07, 6.45) is -4.57. The highest BCUT2D eigenvalue weighted by Gasteiger charge is 2.36. The van der Waals surface area contributed by atoms with E-state index in [2.05, 4.69) is 9.80 Å². The molecule has 1 aliphatic rings. The Hall–Kier alpha value is -2.61. The third kappa shape index (κ3) is 3.81. The van der Waals surface area contributed by atoms with Crippen LogP contribution >= 0.6 is 0 Å². The van der Waals surface area contributed by atoms with Crippen molar-refractivity contribution in [2.75, 3.05) is 38.1 Å². The second-order valence-corrected chi connectivity index (χ2v) is 7.36. The van der Waals surface area contributed by atoms with E-state index < -0.39 is 23.5 Å². The SMILES string of the molecule is CN1CCN(c2cccc3c2cc(C(F)(F)F)n3Cc2ccc(F)c(F)c2)CC1. The minimum absolute atomic E-state index is 0.207. The summed E-state index contributed by atoms with van der Waals surface area (Å²) in [5.41, 5.74) is 0.624. The van der Waals surface area contributed by atoms with Crippen LogP contribution in [0.25, 0.3) is 10.9 Å². The number of rotatable bonds is 3. The Balaban J connectivity index is 1.82. The van der Waals surface area contributed by atoms with Crippen LogP contribution in [0, 0.1) is 11.6 Å². The maximum absolute atomic E-state index is 13.8. The first-order chi connectivity index (χ1) is 13.7. The van der Waals surface area contributed by atoms with Gasteiger partial charge in [-0.3, -0.25) is 0 Å².